The molecule has 0 saturated carbocycles. The molecule has 2 aromatic carbocycles. The minimum atomic E-state index is -2.95. The van der Waals surface area contributed by atoms with Crippen molar-refractivity contribution >= 4 is 65.0 Å². The van der Waals surface area contributed by atoms with Gasteiger partial charge in [-0.15, -0.1) is 9.05 Å². The third-order valence-electron chi connectivity index (χ3n) is 4.45. The van der Waals surface area contributed by atoms with Gasteiger partial charge in [0.15, 0.2) is 47.6 Å². The van der Waals surface area contributed by atoms with E-state index in [1.165, 1.54) is 36.8 Å². The van der Waals surface area contributed by atoms with Crippen LogP contribution in [0.4, 0.5) is 8.78 Å². The Morgan fingerprint density at radius 3 is 1.66 bits per heavy atom. The van der Waals surface area contributed by atoms with Crippen molar-refractivity contribution in [3.63, 3.8) is 0 Å². The highest BCUT2D eigenvalue weighted by Crippen LogP contribution is 2.33. The second-order valence-electron chi connectivity index (χ2n) is 6.40. The lowest BCUT2D eigenvalue weighted by atomic mass is 10.1. The third-order valence-corrected chi connectivity index (χ3v) is 5.81. The lowest BCUT2D eigenvalue weighted by Crippen LogP contribution is -2.11. The average molecular weight is 502 g/mol. The first-order valence-corrected chi connectivity index (χ1v) is 10.6. The Kier molecular flexibility index (Phi) is 6.37. The van der Waals surface area contributed by atoms with Gasteiger partial charge in [0.05, 0.1) is 23.7 Å². The number of carbonyl (C=O) groups excluding carboxylic acids is 2. The summed E-state index contributed by atoms with van der Waals surface area (Å²) in [6, 6.07) is 5.39. The fourth-order valence-corrected chi connectivity index (χ4v) is 3.95. The van der Waals surface area contributed by atoms with Crippen LogP contribution in [0.2, 0.25) is 10.0 Å². The molecular formula is C20H10Cl2F2O7P+. The van der Waals surface area contributed by atoms with E-state index < -0.39 is 55.8 Å². The van der Waals surface area contributed by atoms with E-state index in [4.69, 9.17) is 41.1 Å². The fourth-order valence-electron chi connectivity index (χ4n) is 2.92. The summed E-state index contributed by atoms with van der Waals surface area (Å²) in [6.07, 6.45) is 2.56. The van der Waals surface area contributed by atoms with Gasteiger partial charge >= 0.3 is 8.25 Å². The van der Waals surface area contributed by atoms with Crippen molar-refractivity contribution in [1.29, 1.82) is 0 Å². The Hall–Kier alpha value is -2.68. The number of carbonyl (C=O) groups is 2. The SMILES string of the molecule is O=C(CO[P+](=O)OCC(=O)c1cc2ccoc2c(Cl)c1F)c1cc2ccoc2c(Cl)c1F. The Bertz CT molecular complexity index is 1290. The molecule has 0 radical (unpaired) electrons. The van der Waals surface area contributed by atoms with Crippen LogP contribution >= 0.6 is 31.5 Å². The number of rotatable bonds is 8. The number of hydrogen-bond acceptors (Lipinski definition) is 7. The molecule has 0 unspecified atom stereocenters. The molecule has 4 aromatic rings. The molecule has 7 nitrogen and oxygen atoms in total. The number of hydrogen-bond donors (Lipinski definition) is 0. The zero-order chi connectivity index (χ0) is 23.0. The summed E-state index contributed by atoms with van der Waals surface area (Å²) in [7, 11) is -2.95. The highest BCUT2D eigenvalue weighted by Gasteiger charge is 2.28. The smallest absolute Gasteiger partial charge is 0.463 e. The molecule has 164 valence electrons. The molecule has 0 aliphatic carbocycles. The normalized spacial score (nSPS) is 11.4. The van der Waals surface area contributed by atoms with Crippen LogP contribution in [0.15, 0.2) is 45.6 Å². The first-order valence-electron chi connectivity index (χ1n) is 8.77. The van der Waals surface area contributed by atoms with Gasteiger partial charge < -0.3 is 8.83 Å². The lowest BCUT2D eigenvalue weighted by Gasteiger charge is -2.03. The van der Waals surface area contributed by atoms with Crippen molar-refractivity contribution in [2.45, 2.75) is 0 Å². The van der Waals surface area contributed by atoms with Gasteiger partial charge in [0.25, 0.3) is 0 Å². The molecule has 0 saturated heterocycles. The second-order valence-corrected chi connectivity index (χ2v) is 8.12. The van der Waals surface area contributed by atoms with Gasteiger partial charge in [0, 0.05) is 15.3 Å². The summed E-state index contributed by atoms with van der Waals surface area (Å²) in [6.45, 7) is -1.64. The molecule has 0 spiro atoms. The van der Waals surface area contributed by atoms with E-state index in [0.717, 1.165) is 0 Å². The molecule has 0 fully saturated rings. The molecule has 0 atom stereocenters. The number of fused-ring (bicyclic) bond motifs is 2. The largest absolute Gasteiger partial charge is 0.698 e. The zero-order valence-electron chi connectivity index (χ0n) is 15.7. The predicted octanol–water partition coefficient (Wildman–Crippen LogP) is 6.52. The van der Waals surface area contributed by atoms with E-state index in [0.29, 0.717) is 10.8 Å². The highest BCUT2D eigenvalue weighted by molar-refractivity contribution is 7.33. The highest BCUT2D eigenvalue weighted by atomic mass is 35.5. The van der Waals surface area contributed by atoms with Crippen molar-refractivity contribution < 1.29 is 40.8 Å². The van der Waals surface area contributed by atoms with Crippen molar-refractivity contribution in [3.05, 3.63) is 69.6 Å². The van der Waals surface area contributed by atoms with E-state index >= 15 is 0 Å². The molecule has 0 N–H and O–H groups in total. The van der Waals surface area contributed by atoms with Gasteiger partial charge in [-0.25, -0.2) is 8.78 Å². The molecule has 4 rings (SSSR count). The molecule has 2 heterocycles. The number of ketones is 2. The monoisotopic (exact) mass is 501 g/mol. The Labute approximate surface area is 188 Å². The van der Waals surface area contributed by atoms with Gasteiger partial charge in [-0.1, -0.05) is 23.2 Å². The molecule has 2 aromatic heterocycles. The van der Waals surface area contributed by atoms with Crippen molar-refractivity contribution in [3.8, 4) is 0 Å². The number of furan rings is 2. The second kappa shape index (κ2) is 9.05. The maximum atomic E-state index is 14.3. The Morgan fingerprint density at radius 1 is 0.844 bits per heavy atom. The third kappa shape index (κ3) is 4.18. The summed E-state index contributed by atoms with van der Waals surface area (Å²) < 4.78 is 60.1. The van der Waals surface area contributed by atoms with Crippen molar-refractivity contribution in [2.24, 2.45) is 0 Å². The summed E-state index contributed by atoms with van der Waals surface area (Å²) in [5.74, 6) is -3.77. The van der Waals surface area contributed by atoms with Crippen LogP contribution in [0.5, 0.6) is 0 Å². The van der Waals surface area contributed by atoms with Crippen molar-refractivity contribution in [1.82, 2.24) is 0 Å². The minimum Gasteiger partial charge on any atom is -0.463 e. The Balaban J connectivity index is 1.38. The van der Waals surface area contributed by atoms with E-state index in [1.807, 2.05) is 0 Å². The lowest BCUT2D eigenvalue weighted by molar-refractivity contribution is 0.0873. The fraction of sp³-hybridized carbons (Fsp3) is 0.100. The average Bonchev–Trinajstić information content (AvgIpc) is 3.44. The predicted molar refractivity (Wildman–Crippen MR) is 111 cm³/mol. The van der Waals surface area contributed by atoms with Gasteiger partial charge in [-0.3, -0.25) is 9.59 Å². The van der Waals surface area contributed by atoms with Gasteiger partial charge in [-0.05, 0) is 24.3 Å². The molecule has 12 heteroatoms. The molecule has 0 bridgehead atoms. The summed E-state index contributed by atoms with van der Waals surface area (Å²) in [5.41, 5.74) is -0.631. The van der Waals surface area contributed by atoms with Gasteiger partial charge in [-0.2, -0.15) is 0 Å². The van der Waals surface area contributed by atoms with Crippen LogP contribution in [0, 0.1) is 11.6 Å². The zero-order valence-corrected chi connectivity index (χ0v) is 18.1. The van der Waals surface area contributed by atoms with Gasteiger partial charge in [0.1, 0.15) is 10.0 Å². The van der Waals surface area contributed by atoms with Crippen LogP contribution in [0.25, 0.3) is 21.9 Å². The topological polar surface area (TPSA) is 96.0 Å². The molecular weight excluding hydrogens is 492 g/mol. The van der Waals surface area contributed by atoms with Crippen LogP contribution in [-0.4, -0.2) is 24.8 Å². The van der Waals surface area contributed by atoms with Crippen LogP contribution in [0.1, 0.15) is 20.7 Å². The molecule has 32 heavy (non-hydrogen) atoms. The van der Waals surface area contributed by atoms with E-state index in [9.17, 15) is 22.9 Å². The van der Waals surface area contributed by atoms with E-state index in [1.54, 1.807) is 0 Å². The van der Waals surface area contributed by atoms with Crippen LogP contribution < -0.4 is 0 Å². The number of benzene rings is 2. The first kappa shape index (κ1) is 22.5. The van der Waals surface area contributed by atoms with E-state index in [2.05, 4.69) is 0 Å². The van der Waals surface area contributed by atoms with E-state index in [-0.39, 0.29) is 21.2 Å². The summed E-state index contributed by atoms with van der Waals surface area (Å²) >= 11 is 11.7. The standard InChI is InChI=1S/C20H10Cl2F2O7P/c21-15-17(23)11(5-9-1-3-28-19(9)15)13(25)7-30-32(27)31-8-14(26)12-6-10-2-4-29-20(10)16(22)18(12)24/h1-6H,7-8H2/q+1. The maximum absolute atomic E-state index is 14.3. The van der Waals surface area contributed by atoms with Crippen LogP contribution in [-0.2, 0) is 13.6 Å². The first-order chi connectivity index (χ1) is 15.3. The quantitative estimate of drug-likeness (QED) is 0.200. The van der Waals surface area contributed by atoms with Gasteiger partial charge in [0.2, 0.25) is 0 Å². The number of Topliss-reactive ketones (excluding diaryl/α,β-unsaturated/α-hetero) is 2. The molecule has 0 aliphatic rings. The molecule has 0 aliphatic heterocycles. The van der Waals surface area contributed by atoms with Crippen molar-refractivity contribution in [2.75, 3.05) is 13.2 Å². The summed E-state index contributed by atoms with van der Waals surface area (Å²) in [4.78, 5) is 24.5. The number of halogens is 4. The molecule has 0 amide bonds. The maximum Gasteiger partial charge on any atom is 0.698 e. The Morgan fingerprint density at radius 2 is 1.25 bits per heavy atom. The summed E-state index contributed by atoms with van der Waals surface area (Å²) in [5, 5.41) is 0.0252. The minimum absolute atomic E-state index is 0.0792. The van der Waals surface area contributed by atoms with Crippen LogP contribution in [0.3, 0.4) is 0 Å².